The molecule has 2 aromatic carbocycles. The van der Waals surface area contributed by atoms with E-state index in [9.17, 15) is 4.79 Å². The van der Waals surface area contributed by atoms with Crippen molar-refractivity contribution < 1.29 is 14.3 Å². The van der Waals surface area contributed by atoms with Crippen LogP contribution in [0.2, 0.25) is 0 Å². The molecule has 0 spiro atoms. The van der Waals surface area contributed by atoms with Gasteiger partial charge in [0.15, 0.2) is 0 Å². The fourth-order valence-corrected chi connectivity index (χ4v) is 2.54. The van der Waals surface area contributed by atoms with Gasteiger partial charge in [-0.3, -0.25) is 4.79 Å². The van der Waals surface area contributed by atoms with Crippen LogP contribution >= 0.6 is 0 Å². The standard InChI is InChI=1S/C21H28N2O3/c1-14(20(24)23-16-8-7-9-17(13-16)25-5)22-18-12-15(21(2,3)4)10-11-19(18)26-6/h7-14,22H,1-6H3,(H,23,24)/t14-/m1/s1. The second kappa shape index (κ2) is 8.13. The lowest BCUT2D eigenvalue weighted by atomic mass is 9.86. The zero-order chi connectivity index (χ0) is 19.3. The Kier molecular flexibility index (Phi) is 6.14. The van der Waals surface area contributed by atoms with Crippen molar-refractivity contribution in [3.05, 3.63) is 48.0 Å². The SMILES string of the molecule is COc1cccc(NC(=O)[C@@H](C)Nc2cc(C(C)(C)C)ccc2OC)c1. The van der Waals surface area contributed by atoms with Gasteiger partial charge in [-0.15, -0.1) is 0 Å². The number of benzene rings is 2. The van der Waals surface area contributed by atoms with E-state index in [1.807, 2.05) is 43.3 Å². The molecular formula is C21H28N2O3. The number of anilines is 2. The van der Waals surface area contributed by atoms with E-state index in [-0.39, 0.29) is 11.3 Å². The second-order valence-electron chi connectivity index (χ2n) is 7.25. The summed E-state index contributed by atoms with van der Waals surface area (Å²) in [6.07, 6.45) is 0. The van der Waals surface area contributed by atoms with E-state index < -0.39 is 6.04 Å². The van der Waals surface area contributed by atoms with Crippen LogP contribution in [0.5, 0.6) is 11.5 Å². The van der Waals surface area contributed by atoms with Crippen molar-refractivity contribution in [2.45, 2.75) is 39.2 Å². The molecule has 0 aliphatic heterocycles. The van der Waals surface area contributed by atoms with E-state index in [2.05, 4.69) is 31.4 Å². The smallest absolute Gasteiger partial charge is 0.246 e. The highest BCUT2D eigenvalue weighted by Gasteiger charge is 2.19. The van der Waals surface area contributed by atoms with Crippen molar-refractivity contribution in [1.82, 2.24) is 0 Å². The molecule has 5 nitrogen and oxygen atoms in total. The van der Waals surface area contributed by atoms with Crippen LogP contribution in [0.25, 0.3) is 0 Å². The van der Waals surface area contributed by atoms with Crippen molar-refractivity contribution in [3.63, 3.8) is 0 Å². The molecule has 26 heavy (non-hydrogen) atoms. The Labute approximate surface area is 155 Å². The normalized spacial score (nSPS) is 12.2. The van der Waals surface area contributed by atoms with Gasteiger partial charge in [0.1, 0.15) is 17.5 Å². The average molecular weight is 356 g/mol. The minimum Gasteiger partial charge on any atom is -0.497 e. The summed E-state index contributed by atoms with van der Waals surface area (Å²) in [5.74, 6) is 1.27. The first-order chi connectivity index (χ1) is 12.2. The molecule has 0 saturated heterocycles. The lowest BCUT2D eigenvalue weighted by molar-refractivity contribution is -0.116. The summed E-state index contributed by atoms with van der Waals surface area (Å²) in [4.78, 5) is 12.5. The fraction of sp³-hybridized carbons (Fsp3) is 0.381. The molecule has 0 aliphatic carbocycles. The second-order valence-corrected chi connectivity index (χ2v) is 7.25. The first-order valence-corrected chi connectivity index (χ1v) is 8.64. The maximum absolute atomic E-state index is 12.5. The van der Waals surface area contributed by atoms with Crippen molar-refractivity contribution in [2.24, 2.45) is 0 Å². The summed E-state index contributed by atoms with van der Waals surface area (Å²) < 4.78 is 10.6. The van der Waals surface area contributed by atoms with E-state index in [4.69, 9.17) is 9.47 Å². The molecule has 0 unspecified atom stereocenters. The van der Waals surface area contributed by atoms with Gasteiger partial charge in [0, 0.05) is 11.8 Å². The number of methoxy groups -OCH3 is 2. The molecule has 0 aliphatic rings. The number of amides is 1. The first kappa shape index (κ1) is 19.6. The van der Waals surface area contributed by atoms with Crippen LogP contribution in [0.15, 0.2) is 42.5 Å². The molecule has 0 aromatic heterocycles. The number of ether oxygens (including phenoxy) is 2. The van der Waals surface area contributed by atoms with E-state index in [0.29, 0.717) is 17.2 Å². The fourth-order valence-electron chi connectivity index (χ4n) is 2.54. The Bertz CT molecular complexity index is 766. The minimum absolute atomic E-state index is 0.00872. The number of carbonyl (C=O) groups excluding carboxylic acids is 1. The Morgan fingerprint density at radius 3 is 2.38 bits per heavy atom. The largest absolute Gasteiger partial charge is 0.497 e. The number of nitrogens with one attached hydrogen (secondary N) is 2. The number of hydrogen-bond acceptors (Lipinski definition) is 4. The number of hydrogen-bond donors (Lipinski definition) is 2. The van der Waals surface area contributed by atoms with Crippen LogP contribution < -0.4 is 20.1 Å². The van der Waals surface area contributed by atoms with Crippen molar-refractivity contribution in [1.29, 1.82) is 0 Å². The van der Waals surface area contributed by atoms with Gasteiger partial charge >= 0.3 is 0 Å². The van der Waals surface area contributed by atoms with Crippen LogP contribution in [-0.2, 0) is 10.2 Å². The molecular weight excluding hydrogens is 328 g/mol. The molecule has 0 saturated carbocycles. The van der Waals surface area contributed by atoms with Crippen LogP contribution in [0.1, 0.15) is 33.3 Å². The lowest BCUT2D eigenvalue weighted by Gasteiger charge is -2.23. The predicted molar refractivity (Wildman–Crippen MR) is 106 cm³/mol. The van der Waals surface area contributed by atoms with E-state index in [0.717, 1.165) is 5.69 Å². The number of carbonyl (C=O) groups is 1. The van der Waals surface area contributed by atoms with Gasteiger partial charge in [0.05, 0.1) is 19.9 Å². The Hall–Kier alpha value is -2.69. The highest BCUT2D eigenvalue weighted by molar-refractivity contribution is 5.96. The van der Waals surface area contributed by atoms with Gasteiger partial charge < -0.3 is 20.1 Å². The molecule has 0 radical (unpaired) electrons. The summed E-state index contributed by atoms with van der Waals surface area (Å²) >= 11 is 0. The van der Waals surface area contributed by atoms with Gasteiger partial charge in [-0.2, -0.15) is 0 Å². The molecule has 140 valence electrons. The Morgan fingerprint density at radius 1 is 1.04 bits per heavy atom. The zero-order valence-corrected chi connectivity index (χ0v) is 16.3. The Balaban J connectivity index is 2.15. The molecule has 2 rings (SSSR count). The molecule has 0 fully saturated rings. The van der Waals surface area contributed by atoms with Crippen molar-refractivity contribution >= 4 is 17.3 Å². The van der Waals surface area contributed by atoms with Gasteiger partial charge in [0.25, 0.3) is 0 Å². The lowest BCUT2D eigenvalue weighted by Crippen LogP contribution is -2.32. The monoisotopic (exact) mass is 356 g/mol. The van der Waals surface area contributed by atoms with Crippen LogP contribution in [0.4, 0.5) is 11.4 Å². The van der Waals surface area contributed by atoms with Crippen LogP contribution in [0, 0.1) is 0 Å². The Morgan fingerprint density at radius 2 is 1.77 bits per heavy atom. The summed E-state index contributed by atoms with van der Waals surface area (Å²) in [6, 6.07) is 12.8. The topological polar surface area (TPSA) is 59.6 Å². The number of rotatable bonds is 6. The van der Waals surface area contributed by atoms with Gasteiger partial charge in [-0.1, -0.05) is 32.9 Å². The van der Waals surface area contributed by atoms with Gasteiger partial charge in [-0.05, 0) is 42.2 Å². The molecule has 0 heterocycles. The maximum Gasteiger partial charge on any atom is 0.246 e. The first-order valence-electron chi connectivity index (χ1n) is 8.64. The molecule has 0 bridgehead atoms. The molecule has 1 amide bonds. The highest BCUT2D eigenvalue weighted by Crippen LogP contribution is 2.32. The average Bonchev–Trinajstić information content (AvgIpc) is 2.61. The third-order valence-electron chi connectivity index (χ3n) is 4.17. The van der Waals surface area contributed by atoms with Crippen LogP contribution in [0.3, 0.4) is 0 Å². The predicted octanol–water partition coefficient (Wildman–Crippen LogP) is 4.44. The van der Waals surface area contributed by atoms with E-state index in [1.54, 1.807) is 20.3 Å². The van der Waals surface area contributed by atoms with Gasteiger partial charge in [-0.25, -0.2) is 0 Å². The summed E-state index contributed by atoms with van der Waals surface area (Å²) in [5.41, 5.74) is 2.67. The third-order valence-corrected chi connectivity index (χ3v) is 4.17. The quantitative estimate of drug-likeness (QED) is 0.803. The summed E-state index contributed by atoms with van der Waals surface area (Å²) in [5, 5.41) is 6.15. The summed E-state index contributed by atoms with van der Waals surface area (Å²) in [7, 11) is 3.22. The molecule has 2 N–H and O–H groups in total. The molecule has 2 aromatic rings. The molecule has 1 atom stereocenters. The minimum atomic E-state index is -0.440. The maximum atomic E-state index is 12.5. The van der Waals surface area contributed by atoms with Crippen LogP contribution in [-0.4, -0.2) is 26.2 Å². The zero-order valence-electron chi connectivity index (χ0n) is 16.3. The highest BCUT2D eigenvalue weighted by atomic mass is 16.5. The van der Waals surface area contributed by atoms with Crippen molar-refractivity contribution in [3.8, 4) is 11.5 Å². The molecule has 5 heteroatoms. The summed E-state index contributed by atoms with van der Waals surface area (Å²) in [6.45, 7) is 8.27. The van der Waals surface area contributed by atoms with Gasteiger partial charge in [0.2, 0.25) is 5.91 Å². The van der Waals surface area contributed by atoms with E-state index in [1.165, 1.54) is 5.56 Å². The van der Waals surface area contributed by atoms with E-state index >= 15 is 0 Å². The van der Waals surface area contributed by atoms with Crippen molar-refractivity contribution in [2.75, 3.05) is 24.9 Å². The third kappa shape index (κ3) is 4.91.